The molecule has 2 aromatic heterocycles. The Hall–Kier alpha value is -1.31. The minimum Gasteiger partial charge on any atom is -0.332 e. The van der Waals surface area contributed by atoms with Crippen LogP contribution in [0.2, 0.25) is 0 Å². The number of nitrogens with zero attached hydrogens (tertiary/aromatic N) is 4. The van der Waals surface area contributed by atoms with Gasteiger partial charge in [-0.2, -0.15) is 4.98 Å². The predicted octanol–water partition coefficient (Wildman–Crippen LogP) is 1.68. The van der Waals surface area contributed by atoms with E-state index < -0.39 is 0 Å². The molecule has 0 aliphatic carbocycles. The van der Waals surface area contributed by atoms with Crippen molar-refractivity contribution < 1.29 is 4.52 Å². The Balaban J connectivity index is 1.65. The number of rotatable bonds is 4. The van der Waals surface area contributed by atoms with Gasteiger partial charge in [-0.25, -0.2) is 4.98 Å². The molecule has 2 N–H and O–H groups in total. The van der Waals surface area contributed by atoms with Gasteiger partial charge >= 0.3 is 0 Å². The lowest BCUT2D eigenvalue weighted by Gasteiger charge is -2.27. The Morgan fingerprint density at radius 1 is 1.37 bits per heavy atom. The smallest absolute Gasteiger partial charge is 0.277 e. The summed E-state index contributed by atoms with van der Waals surface area (Å²) >= 11 is 1.50. The minimum atomic E-state index is -0.200. The van der Waals surface area contributed by atoms with Gasteiger partial charge in [0.05, 0.1) is 11.6 Å². The zero-order valence-corrected chi connectivity index (χ0v) is 11.5. The second-order valence-corrected chi connectivity index (χ2v) is 5.52. The topological polar surface area (TPSA) is 81.1 Å². The highest BCUT2D eigenvalue weighted by molar-refractivity contribution is 7.07. The number of thiazole rings is 1. The van der Waals surface area contributed by atoms with E-state index in [2.05, 4.69) is 20.0 Å². The Morgan fingerprint density at radius 2 is 2.21 bits per heavy atom. The van der Waals surface area contributed by atoms with E-state index in [1.165, 1.54) is 30.6 Å². The van der Waals surface area contributed by atoms with Crippen molar-refractivity contribution in [2.45, 2.75) is 25.3 Å². The first-order valence-corrected chi connectivity index (χ1v) is 7.47. The number of aromatic nitrogens is 3. The van der Waals surface area contributed by atoms with Gasteiger partial charge in [0, 0.05) is 11.9 Å². The van der Waals surface area contributed by atoms with Crippen LogP contribution in [0.25, 0.3) is 11.6 Å². The Bertz CT molecular complexity index is 506. The molecule has 0 aromatic carbocycles. The molecule has 1 aliphatic rings. The van der Waals surface area contributed by atoms with Crippen LogP contribution < -0.4 is 5.73 Å². The van der Waals surface area contributed by atoms with Crippen LogP contribution in [0.3, 0.4) is 0 Å². The molecular formula is C12H17N5OS. The summed E-state index contributed by atoms with van der Waals surface area (Å²) in [5.74, 6) is 1.01. The third-order valence-electron chi connectivity index (χ3n) is 3.33. The number of hydrogen-bond donors (Lipinski definition) is 1. The number of nitrogens with two attached hydrogens (primary N) is 1. The Labute approximate surface area is 115 Å². The van der Waals surface area contributed by atoms with Crippen molar-refractivity contribution >= 4 is 11.3 Å². The fourth-order valence-corrected chi connectivity index (χ4v) is 2.84. The maximum Gasteiger partial charge on any atom is 0.277 e. The molecule has 3 rings (SSSR count). The highest BCUT2D eigenvalue weighted by atomic mass is 32.1. The maximum atomic E-state index is 6.15. The van der Waals surface area contributed by atoms with Crippen molar-refractivity contribution in [2.75, 3.05) is 19.6 Å². The van der Waals surface area contributed by atoms with E-state index in [9.17, 15) is 0 Å². The summed E-state index contributed by atoms with van der Waals surface area (Å²) in [4.78, 5) is 10.8. The van der Waals surface area contributed by atoms with Gasteiger partial charge in [0.15, 0.2) is 5.82 Å². The van der Waals surface area contributed by atoms with Gasteiger partial charge in [0.1, 0.15) is 5.69 Å². The van der Waals surface area contributed by atoms with Crippen LogP contribution in [0.15, 0.2) is 15.4 Å². The highest BCUT2D eigenvalue weighted by Gasteiger charge is 2.20. The van der Waals surface area contributed by atoms with Crippen LogP contribution in [0.4, 0.5) is 0 Å². The van der Waals surface area contributed by atoms with Gasteiger partial charge in [-0.05, 0) is 25.9 Å². The normalized spacial score (nSPS) is 18.6. The molecule has 19 heavy (non-hydrogen) atoms. The second kappa shape index (κ2) is 5.77. The van der Waals surface area contributed by atoms with E-state index in [1.807, 2.05) is 5.38 Å². The van der Waals surface area contributed by atoms with Gasteiger partial charge in [0.2, 0.25) is 0 Å². The zero-order valence-electron chi connectivity index (χ0n) is 10.7. The Morgan fingerprint density at radius 3 is 2.95 bits per heavy atom. The molecule has 0 radical (unpaired) electrons. The van der Waals surface area contributed by atoms with Crippen molar-refractivity contribution in [3.05, 3.63) is 16.7 Å². The van der Waals surface area contributed by atoms with Gasteiger partial charge in [-0.3, -0.25) is 0 Å². The predicted molar refractivity (Wildman–Crippen MR) is 72.6 cm³/mol. The molecule has 6 nitrogen and oxygen atoms in total. The molecule has 1 unspecified atom stereocenters. The minimum absolute atomic E-state index is 0.200. The molecule has 0 bridgehead atoms. The average Bonchev–Trinajstić information content (AvgIpc) is 3.11. The zero-order chi connectivity index (χ0) is 13.1. The quantitative estimate of drug-likeness (QED) is 0.917. The molecule has 1 fully saturated rings. The summed E-state index contributed by atoms with van der Waals surface area (Å²) < 4.78 is 5.20. The van der Waals surface area contributed by atoms with E-state index >= 15 is 0 Å². The fourth-order valence-electron chi connectivity index (χ4n) is 2.31. The summed E-state index contributed by atoms with van der Waals surface area (Å²) in [6, 6.07) is -0.200. The summed E-state index contributed by atoms with van der Waals surface area (Å²) in [5.41, 5.74) is 8.61. The monoisotopic (exact) mass is 279 g/mol. The van der Waals surface area contributed by atoms with E-state index in [0.29, 0.717) is 17.4 Å². The molecule has 1 atom stereocenters. The molecule has 0 spiro atoms. The molecule has 1 saturated heterocycles. The van der Waals surface area contributed by atoms with Crippen LogP contribution in [-0.2, 0) is 0 Å². The number of piperidine rings is 1. The van der Waals surface area contributed by atoms with Crippen LogP contribution in [0.1, 0.15) is 31.1 Å². The van der Waals surface area contributed by atoms with Crippen LogP contribution in [-0.4, -0.2) is 39.7 Å². The molecule has 0 saturated carbocycles. The van der Waals surface area contributed by atoms with Crippen LogP contribution in [0.5, 0.6) is 0 Å². The molecule has 0 amide bonds. The first-order chi connectivity index (χ1) is 9.33. The van der Waals surface area contributed by atoms with E-state index in [0.717, 1.165) is 19.6 Å². The van der Waals surface area contributed by atoms with Crippen LogP contribution in [0, 0.1) is 0 Å². The summed E-state index contributed by atoms with van der Waals surface area (Å²) in [6.07, 6.45) is 3.83. The standard InChI is InChI=1S/C12H17N5OS/c13-9(6-17-4-2-1-3-5-17)11-15-12(18-16-11)10-7-19-8-14-10/h7-9H,1-6,13H2. The second-order valence-electron chi connectivity index (χ2n) is 4.80. The summed E-state index contributed by atoms with van der Waals surface area (Å²) in [6.45, 7) is 3.02. The number of likely N-dealkylation sites (tertiary alicyclic amines) is 1. The first-order valence-electron chi connectivity index (χ1n) is 6.53. The highest BCUT2D eigenvalue weighted by Crippen LogP contribution is 2.19. The largest absolute Gasteiger partial charge is 0.332 e. The van der Waals surface area contributed by atoms with Gasteiger partial charge in [-0.15, -0.1) is 11.3 Å². The van der Waals surface area contributed by atoms with Crippen LogP contribution >= 0.6 is 11.3 Å². The molecule has 102 valence electrons. The van der Waals surface area contributed by atoms with Crippen molar-refractivity contribution in [3.63, 3.8) is 0 Å². The first kappa shape index (κ1) is 12.7. The molecule has 7 heteroatoms. The van der Waals surface area contributed by atoms with Crippen molar-refractivity contribution in [2.24, 2.45) is 5.73 Å². The molecular weight excluding hydrogens is 262 g/mol. The maximum absolute atomic E-state index is 6.15. The number of hydrogen-bond acceptors (Lipinski definition) is 7. The van der Waals surface area contributed by atoms with Crippen molar-refractivity contribution in [3.8, 4) is 11.6 Å². The lowest BCUT2D eigenvalue weighted by molar-refractivity contribution is 0.213. The Kier molecular flexibility index (Phi) is 3.86. The fraction of sp³-hybridized carbons (Fsp3) is 0.583. The van der Waals surface area contributed by atoms with Crippen molar-refractivity contribution in [1.82, 2.24) is 20.0 Å². The van der Waals surface area contributed by atoms with Crippen molar-refractivity contribution in [1.29, 1.82) is 0 Å². The third-order valence-corrected chi connectivity index (χ3v) is 3.91. The third kappa shape index (κ3) is 2.99. The lowest BCUT2D eigenvalue weighted by Crippen LogP contribution is -2.36. The van der Waals surface area contributed by atoms with E-state index in [4.69, 9.17) is 10.3 Å². The average molecular weight is 279 g/mol. The van der Waals surface area contributed by atoms with Gasteiger partial charge in [0.25, 0.3) is 5.89 Å². The molecule has 3 heterocycles. The summed E-state index contributed by atoms with van der Waals surface area (Å²) in [5, 5.41) is 5.85. The summed E-state index contributed by atoms with van der Waals surface area (Å²) in [7, 11) is 0. The van der Waals surface area contributed by atoms with Gasteiger partial charge < -0.3 is 15.2 Å². The molecule has 2 aromatic rings. The van der Waals surface area contributed by atoms with Gasteiger partial charge in [-0.1, -0.05) is 11.6 Å². The lowest BCUT2D eigenvalue weighted by atomic mass is 10.1. The van der Waals surface area contributed by atoms with E-state index in [1.54, 1.807) is 5.51 Å². The SMILES string of the molecule is NC(CN1CCCCC1)c1noc(-c2cscn2)n1. The molecule has 1 aliphatic heterocycles. The van der Waals surface area contributed by atoms with E-state index in [-0.39, 0.29) is 6.04 Å².